The Morgan fingerprint density at radius 3 is 3.00 bits per heavy atom. The van der Waals surface area contributed by atoms with Crippen LogP contribution in [0.2, 0.25) is 0 Å². The molecule has 2 amide bonds. The second-order valence-corrected chi connectivity index (χ2v) is 6.55. The molecule has 1 aromatic rings. The van der Waals surface area contributed by atoms with Crippen molar-refractivity contribution in [1.82, 2.24) is 10.2 Å². The Morgan fingerprint density at radius 2 is 2.17 bits per heavy atom. The molecule has 2 heterocycles. The Bertz CT molecular complexity index is 579. The third-order valence-corrected chi connectivity index (χ3v) is 3.97. The van der Waals surface area contributed by atoms with E-state index in [0.29, 0.717) is 36.3 Å². The van der Waals surface area contributed by atoms with Gasteiger partial charge in [-0.25, -0.2) is 4.79 Å². The SMILES string of the molecule is CC(C)CN1CCOC(CNC(=O)Nc2ccc3c(c2)OCO3)C1. The molecule has 0 bridgehead atoms. The highest BCUT2D eigenvalue weighted by Crippen LogP contribution is 2.34. The minimum Gasteiger partial charge on any atom is -0.454 e. The molecular formula is C17H25N3O4. The molecule has 2 N–H and O–H groups in total. The summed E-state index contributed by atoms with van der Waals surface area (Å²) in [4.78, 5) is 14.4. The zero-order valence-corrected chi connectivity index (χ0v) is 14.2. The van der Waals surface area contributed by atoms with Gasteiger partial charge in [0, 0.05) is 37.9 Å². The maximum atomic E-state index is 12.1. The molecule has 7 nitrogen and oxygen atoms in total. The van der Waals surface area contributed by atoms with Crippen LogP contribution in [0.5, 0.6) is 11.5 Å². The second-order valence-electron chi connectivity index (χ2n) is 6.55. The number of urea groups is 1. The Hall–Kier alpha value is -1.99. The van der Waals surface area contributed by atoms with Gasteiger partial charge >= 0.3 is 6.03 Å². The lowest BCUT2D eigenvalue weighted by Gasteiger charge is -2.33. The maximum absolute atomic E-state index is 12.1. The average Bonchev–Trinajstić information content (AvgIpc) is 3.00. The molecule has 1 aromatic carbocycles. The minimum atomic E-state index is -0.251. The van der Waals surface area contributed by atoms with Crippen molar-refractivity contribution in [3.63, 3.8) is 0 Å². The van der Waals surface area contributed by atoms with Crippen LogP contribution in [0.1, 0.15) is 13.8 Å². The summed E-state index contributed by atoms with van der Waals surface area (Å²) in [6.45, 7) is 8.71. The number of nitrogens with one attached hydrogen (secondary N) is 2. The summed E-state index contributed by atoms with van der Waals surface area (Å²) >= 11 is 0. The number of hydrogen-bond acceptors (Lipinski definition) is 5. The smallest absolute Gasteiger partial charge is 0.319 e. The van der Waals surface area contributed by atoms with Crippen molar-refractivity contribution in [3.05, 3.63) is 18.2 Å². The summed E-state index contributed by atoms with van der Waals surface area (Å²) < 4.78 is 16.3. The molecule has 24 heavy (non-hydrogen) atoms. The molecule has 7 heteroatoms. The molecular weight excluding hydrogens is 310 g/mol. The van der Waals surface area contributed by atoms with Gasteiger partial charge in [-0.05, 0) is 18.1 Å². The summed E-state index contributed by atoms with van der Waals surface area (Å²) in [6.07, 6.45) is 0.0278. The number of benzene rings is 1. The van der Waals surface area contributed by atoms with E-state index in [1.54, 1.807) is 18.2 Å². The van der Waals surface area contributed by atoms with E-state index in [0.717, 1.165) is 19.6 Å². The van der Waals surface area contributed by atoms with Crippen LogP contribution in [0.4, 0.5) is 10.5 Å². The van der Waals surface area contributed by atoms with Gasteiger partial charge in [0.15, 0.2) is 11.5 Å². The van der Waals surface area contributed by atoms with Gasteiger partial charge in [-0.2, -0.15) is 0 Å². The largest absolute Gasteiger partial charge is 0.454 e. The van der Waals surface area contributed by atoms with Crippen LogP contribution in [0.3, 0.4) is 0 Å². The summed E-state index contributed by atoms with van der Waals surface area (Å²) in [7, 11) is 0. The van der Waals surface area contributed by atoms with Crippen LogP contribution in [-0.4, -0.2) is 56.6 Å². The van der Waals surface area contributed by atoms with Gasteiger partial charge in [0.25, 0.3) is 0 Å². The van der Waals surface area contributed by atoms with Gasteiger partial charge in [0.05, 0.1) is 12.7 Å². The normalized spacial score (nSPS) is 20.2. The maximum Gasteiger partial charge on any atom is 0.319 e. The molecule has 0 aromatic heterocycles. The number of fused-ring (bicyclic) bond motifs is 1. The number of carbonyl (C=O) groups is 1. The molecule has 0 spiro atoms. The Balaban J connectivity index is 1.44. The summed E-state index contributed by atoms with van der Waals surface area (Å²) in [5.74, 6) is 1.97. The van der Waals surface area contributed by atoms with E-state index in [1.165, 1.54) is 0 Å². The van der Waals surface area contributed by atoms with Crippen molar-refractivity contribution >= 4 is 11.7 Å². The number of anilines is 1. The molecule has 2 aliphatic rings. The molecule has 1 saturated heterocycles. The van der Waals surface area contributed by atoms with Crippen LogP contribution in [0.15, 0.2) is 18.2 Å². The van der Waals surface area contributed by atoms with Crippen molar-refractivity contribution in [3.8, 4) is 11.5 Å². The van der Waals surface area contributed by atoms with Crippen molar-refractivity contribution in [2.45, 2.75) is 20.0 Å². The molecule has 1 fully saturated rings. The van der Waals surface area contributed by atoms with E-state index >= 15 is 0 Å². The van der Waals surface area contributed by atoms with Crippen molar-refractivity contribution in [1.29, 1.82) is 0 Å². The highest BCUT2D eigenvalue weighted by Gasteiger charge is 2.21. The fraction of sp³-hybridized carbons (Fsp3) is 0.588. The number of hydrogen-bond donors (Lipinski definition) is 2. The lowest BCUT2D eigenvalue weighted by atomic mass is 10.2. The first-order valence-corrected chi connectivity index (χ1v) is 8.38. The lowest BCUT2D eigenvalue weighted by Crippen LogP contribution is -2.48. The van der Waals surface area contributed by atoms with Gasteiger partial charge in [-0.15, -0.1) is 0 Å². The van der Waals surface area contributed by atoms with E-state index in [1.807, 2.05) is 0 Å². The van der Waals surface area contributed by atoms with Crippen LogP contribution in [0.25, 0.3) is 0 Å². The predicted octanol–water partition coefficient (Wildman–Crippen LogP) is 1.89. The molecule has 1 unspecified atom stereocenters. The van der Waals surface area contributed by atoms with Gasteiger partial charge in [-0.3, -0.25) is 4.90 Å². The summed E-state index contributed by atoms with van der Waals surface area (Å²) in [5.41, 5.74) is 0.669. The zero-order chi connectivity index (χ0) is 16.9. The minimum absolute atomic E-state index is 0.0278. The average molecular weight is 335 g/mol. The monoisotopic (exact) mass is 335 g/mol. The Morgan fingerprint density at radius 1 is 1.33 bits per heavy atom. The van der Waals surface area contributed by atoms with E-state index in [9.17, 15) is 4.79 Å². The van der Waals surface area contributed by atoms with Gasteiger partial charge < -0.3 is 24.8 Å². The van der Waals surface area contributed by atoms with Crippen LogP contribution < -0.4 is 20.1 Å². The van der Waals surface area contributed by atoms with Crippen LogP contribution >= 0.6 is 0 Å². The van der Waals surface area contributed by atoms with E-state index in [2.05, 4.69) is 29.4 Å². The zero-order valence-electron chi connectivity index (χ0n) is 14.2. The second kappa shape index (κ2) is 7.72. The third-order valence-electron chi connectivity index (χ3n) is 3.97. The fourth-order valence-corrected chi connectivity index (χ4v) is 2.94. The molecule has 3 rings (SSSR count). The lowest BCUT2D eigenvalue weighted by molar-refractivity contribution is -0.0288. The quantitative estimate of drug-likeness (QED) is 0.860. The number of ether oxygens (including phenoxy) is 3. The van der Waals surface area contributed by atoms with E-state index in [4.69, 9.17) is 14.2 Å². The molecule has 1 atom stereocenters. The first kappa shape index (κ1) is 16.9. The molecule has 0 aliphatic carbocycles. The molecule has 0 saturated carbocycles. The molecule has 132 valence electrons. The number of carbonyl (C=O) groups excluding carboxylic acids is 1. The number of rotatable bonds is 5. The van der Waals surface area contributed by atoms with Crippen molar-refractivity contribution in [2.75, 3.05) is 44.9 Å². The van der Waals surface area contributed by atoms with Gasteiger partial charge in [-0.1, -0.05) is 13.8 Å². The molecule has 2 aliphatic heterocycles. The fourth-order valence-electron chi connectivity index (χ4n) is 2.94. The van der Waals surface area contributed by atoms with Gasteiger partial charge in [0.2, 0.25) is 6.79 Å². The first-order chi connectivity index (χ1) is 11.6. The van der Waals surface area contributed by atoms with Crippen molar-refractivity contribution in [2.24, 2.45) is 5.92 Å². The van der Waals surface area contributed by atoms with Crippen LogP contribution in [-0.2, 0) is 4.74 Å². The highest BCUT2D eigenvalue weighted by molar-refractivity contribution is 5.89. The Kier molecular flexibility index (Phi) is 5.42. The number of nitrogens with zero attached hydrogens (tertiary/aromatic N) is 1. The van der Waals surface area contributed by atoms with Crippen LogP contribution in [0, 0.1) is 5.92 Å². The number of amides is 2. The summed E-state index contributed by atoms with van der Waals surface area (Å²) in [5, 5.41) is 5.67. The first-order valence-electron chi connectivity index (χ1n) is 8.38. The van der Waals surface area contributed by atoms with Gasteiger partial charge in [0.1, 0.15) is 0 Å². The standard InChI is InChI=1S/C17H25N3O4/c1-12(2)9-20-5-6-22-14(10-20)8-18-17(21)19-13-3-4-15-16(7-13)24-11-23-15/h3-4,7,12,14H,5-6,8-11H2,1-2H3,(H2,18,19,21). The van der Waals surface area contributed by atoms with Crippen molar-refractivity contribution < 1.29 is 19.0 Å². The summed E-state index contributed by atoms with van der Waals surface area (Å²) in [6, 6.07) is 5.07. The topological polar surface area (TPSA) is 72.1 Å². The number of morpholine rings is 1. The highest BCUT2D eigenvalue weighted by atomic mass is 16.7. The predicted molar refractivity (Wildman–Crippen MR) is 90.6 cm³/mol. The molecule has 0 radical (unpaired) electrons. The Labute approximate surface area is 142 Å². The van der Waals surface area contributed by atoms with E-state index < -0.39 is 0 Å². The third kappa shape index (κ3) is 4.52. The van der Waals surface area contributed by atoms with E-state index in [-0.39, 0.29) is 18.9 Å².